The van der Waals surface area contributed by atoms with Crippen molar-refractivity contribution in [3.8, 4) is 17.2 Å². The van der Waals surface area contributed by atoms with E-state index < -0.39 is 5.79 Å². The predicted octanol–water partition coefficient (Wildman–Crippen LogP) is 5.46. The summed E-state index contributed by atoms with van der Waals surface area (Å²) in [6.07, 6.45) is 7.04. The van der Waals surface area contributed by atoms with Crippen LogP contribution in [0.25, 0.3) is 5.57 Å². The minimum absolute atomic E-state index is 0.218. The highest BCUT2D eigenvalue weighted by Gasteiger charge is 2.44. The van der Waals surface area contributed by atoms with Crippen molar-refractivity contribution in [3.05, 3.63) is 59.2 Å². The normalized spacial score (nSPS) is 23.9. The van der Waals surface area contributed by atoms with Gasteiger partial charge in [0.15, 0.2) is 5.79 Å². The van der Waals surface area contributed by atoms with Gasteiger partial charge in [-0.15, -0.1) is 0 Å². The molecule has 3 aliphatic heterocycles. The van der Waals surface area contributed by atoms with Gasteiger partial charge in [-0.05, 0) is 79.7 Å². The summed E-state index contributed by atoms with van der Waals surface area (Å²) in [4.78, 5) is 2.49. The van der Waals surface area contributed by atoms with Gasteiger partial charge in [-0.2, -0.15) is 0 Å². The first kappa shape index (κ1) is 22.9. The number of phenolic OH excluding ortho intramolecular Hbond substituents is 1. The van der Waals surface area contributed by atoms with E-state index in [2.05, 4.69) is 17.0 Å². The van der Waals surface area contributed by atoms with Gasteiger partial charge in [0.2, 0.25) is 0 Å². The van der Waals surface area contributed by atoms with Crippen LogP contribution < -0.4 is 9.47 Å². The molecule has 0 amide bonds. The number of allylic oxidation sites excluding steroid dienone is 1. The third kappa shape index (κ3) is 4.80. The zero-order valence-electron chi connectivity index (χ0n) is 20.3. The molecule has 1 atom stereocenters. The van der Waals surface area contributed by atoms with Crippen LogP contribution in [-0.2, 0) is 9.47 Å². The van der Waals surface area contributed by atoms with Crippen LogP contribution in [0.5, 0.6) is 17.2 Å². The third-order valence-electron chi connectivity index (χ3n) is 7.78. The van der Waals surface area contributed by atoms with Crippen molar-refractivity contribution in [1.82, 2.24) is 4.90 Å². The number of ether oxygens (including phenoxy) is 4. The number of phenols is 1. The van der Waals surface area contributed by atoms with Crippen LogP contribution in [-0.4, -0.2) is 55.2 Å². The maximum Gasteiger partial charge on any atom is 0.172 e. The SMILES string of the molecule is Oc1ccc2c(c1)OC(c1ccc(OCCN3CCCCC3)cc1)C1=C2CCC2(C1)OCCCO2. The summed E-state index contributed by atoms with van der Waals surface area (Å²) in [5.74, 6) is 1.28. The molecule has 186 valence electrons. The van der Waals surface area contributed by atoms with Gasteiger partial charge in [-0.25, -0.2) is 0 Å². The third-order valence-corrected chi connectivity index (χ3v) is 7.78. The monoisotopic (exact) mass is 477 g/mol. The summed E-state index contributed by atoms with van der Waals surface area (Å²) in [6.45, 7) is 5.53. The van der Waals surface area contributed by atoms with Crippen LogP contribution >= 0.6 is 0 Å². The number of hydrogen-bond acceptors (Lipinski definition) is 6. The van der Waals surface area contributed by atoms with E-state index >= 15 is 0 Å². The summed E-state index contributed by atoms with van der Waals surface area (Å²) in [5, 5.41) is 10.1. The molecule has 4 aliphatic rings. The van der Waals surface area contributed by atoms with Crippen LogP contribution in [0.3, 0.4) is 0 Å². The van der Waals surface area contributed by atoms with Crippen LogP contribution in [0.15, 0.2) is 48.0 Å². The smallest absolute Gasteiger partial charge is 0.172 e. The first-order chi connectivity index (χ1) is 17.2. The molecule has 2 saturated heterocycles. The van der Waals surface area contributed by atoms with Gasteiger partial charge in [0.05, 0.1) is 13.2 Å². The second-order valence-electron chi connectivity index (χ2n) is 10.1. The molecule has 2 aromatic carbocycles. The molecular formula is C29H35NO5. The molecule has 6 rings (SSSR count). The van der Waals surface area contributed by atoms with E-state index in [-0.39, 0.29) is 11.9 Å². The van der Waals surface area contributed by atoms with E-state index in [0.717, 1.165) is 61.6 Å². The molecule has 2 fully saturated rings. The molecule has 0 radical (unpaired) electrons. The number of rotatable bonds is 5. The van der Waals surface area contributed by atoms with Gasteiger partial charge in [-0.1, -0.05) is 18.6 Å². The summed E-state index contributed by atoms with van der Waals surface area (Å²) >= 11 is 0. The average Bonchev–Trinajstić information content (AvgIpc) is 2.89. The Morgan fingerprint density at radius 1 is 0.971 bits per heavy atom. The Hall–Kier alpha value is -2.54. The molecule has 1 aliphatic carbocycles. The number of likely N-dealkylation sites (tertiary alicyclic amines) is 1. The Morgan fingerprint density at radius 3 is 2.57 bits per heavy atom. The lowest BCUT2D eigenvalue weighted by molar-refractivity contribution is -0.271. The van der Waals surface area contributed by atoms with Crippen molar-refractivity contribution in [2.45, 2.75) is 56.8 Å². The van der Waals surface area contributed by atoms with Gasteiger partial charge in [-0.3, -0.25) is 4.90 Å². The molecule has 1 N–H and O–H groups in total. The lowest BCUT2D eigenvalue weighted by Gasteiger charge is -2.44. The zero-order valence-corrected chi connectivity index (χ0v) is 20.3. The lowest BCUT2D eigenvalue weighted by atomic mass is 9.78. The lowest BCUT2D eigenvalue weighted by Crippen LogP contribution is -2.44. The minimum Gasteiger partial charge on any atom is -0.508 e. The van der Waals surface area contributed by atoms with Gasteiger partial charge in [0.25, 0.3) is 0 Å². The highest BCUT2D eigenvalue weighted by molar-refractivity contribution is 5.77. The number of aromatic hydroxyl groups is 1. The van der Waals surface area contributed by atoms with Crippen molar-refractivity contribution < 1.29 is 24.1 Å². The average molecular weight is 478 g/mol. The second-order valence-corrected chi connectivity index (χ2v) is 10.1. The highest BCUT2D eigenvalue weighted by Crippen LogP contribution is 2.52. The maximum absolute atomic E-state index is 10.1. The predicted molar refractivity (Wildman–Crippen MR) is 134 cm³/mol. The summed E-state index contributed by atoms with van der Waals surface area (Å²) < 4.78 is 24.9. The van der Waals surface area contributed by atoms with Crippen molar-refractivity contribution in [2.24, 2.45) is 0 Å². The number of benzene rings is 2. The quantitative estimate of drug-likeness (QED) is 0.617. The first-order valence-corrected chi connectivity index (χ1v) is 13.1. The molecule has 2 aromatic rings. The Balaban J connectivity index is 1.22. The Bertz CT molecular complexity index is 1070. The molecule has 1 spiro atoms. The standard InChI is InChI=1S/C29H35NO5/c31-22-7-10-25-24-11-12-29(33-16-4-17-34-29)20-26(24)28(35-27(25)19-22)21-5-8-23(9-6-21)32-18-15-30-13-2-1-3-14-30/h5-10,19,28,31H,1-4,11-18,20H2. The van der Waals surface area contributed by atoms with E-state index in [0.29, 0.717) is 13.0 Å². The molecule has 0 bridgehead atoms. The minimum atomic E-state index is -0.551. The van der Waals surface area contributed by atoms with Crippen molar-refractivity contribution in [3.63, 3.8) is 0 Å². The largest absolute Gasteiger partial charge is 0.508 e. The number of nitrogens with zero attached hydrogens (tertiary/aromatic N) is 1. The molecular weight excluding hydrogens is 442 g/mol. The van der Waals surface area contributed by atoms with Crippen molar-refractivity contribution in [1.29, 1.82) is 0 Å². The zero-order chi connectivity index (χ0) is 23.7. The fraction of sp³-hybridized carbons (Fsp3) is 0.517. The Labute approximate surface area is 207 Å². The topological polar surface area (TPSA) is 60.4 Å². The second kappa shape index (κ2) is 9.84. The van der Waals surface area contributed by atoms with E-state index in [1.54, 1.807) is 12.1 Å². The molecule has 1 unspecified atom stereocenters. The Morgan fingerprint density at radius 2 is 1.77 bits per heavy atom. The van der Waals surface area contributed by atoms with Crippen molar-refractivity contribution >= 4 is 5.57 Å². The van der Waals surface area contributed by atoms with Gasteiger partial charge in [0.1, 0.15) is 30.0 Å². The van der Waals surface area contributed by atoms with Crippen LogP contribution in [0.1, 0.15) is 62.2 Å². The molecule has 6 nitrogen and oxygen atoms in total. The van der Waals surface area contributed by atoms with Gasteiger partial charge in [0, 0.05) is 31.0 Å². The van der Waals surface area contributed by atoms with Gasteiger partial charge < -0.3 is 24.1 Å². The van der Waals surface area contributed by atoms with Gasteiger partial charge >= 0.3 is 0 Å². The van der Waals surface area contributed by atoms with Crippen molar-refractivity contribution in [2.75, 3.05) is 39.5 Å². The first-order valence-electron chi connectivity index (χ1n) is 13.1. The summed E-state index contributed by atoms with van der Waals surface area (Å²) in [6, 6.07) is 13.7. The van der Waals surface area contributed by atoms with Crippen LogP contribution in [0.4, 0.5) is 0 Å². The molecule has 0 aromatic heterocycles. The van der Waals surface area contributed by atoms with E-state index in [1.165, 1.54) is 43.5 Å². The van der Waals surface area contributed by atoms with E-state index in [9.17, 15) is 5.11 Å². The highest BCUT2D eigenvalue weighted by atomic mass is 16.7. The summed E-state index contributed by atoms with van der Waals surface area (Å²) in [5.41, 5.74) is 4.65. The fourth-order valence-corrected chi connectivity index (χ4v) is 5.92. The number of piperidine rings is 1. The fourth-order valence-electron chi connectivity index (χ4n) is 5.92. The van der Waals surface area contributed by atoms with E-state index in [4.69, 9.17) is 18.9 Å². The maximum atomic E-state index is 10.1. The molecule has 35 heavy (non-hydrogen) atoms. The molecule has 3 heterocycles. The van der Waals surface area contributed by atoms with Crippen LogP contribution in [0, 0.1) is 0 Å². The Kier molecular flexibility index (Phi) is 6.44. The van der Waals surface area contributed by atoms with E-state index in [1.807, 2.05) is 18.2 Å². The number of hydrogen-bond donors (Lipinski definition) is 1. The number of fused-ring (bicyclic) bond motifs is 2. The molecule has 6 heteroatoms. The molecule has 0 saturated carbocycles. The summed E-state index contributed by atoms with van der Waals surface area (Å²) in [7, 11) is 0. The van der Waals surface area contributed by atoms with Crippen LogP contribution in [0.2, 0.25) is 0 Å².